The molecule has 0 bridgehead atoms. The molecule has 3 nitrogen and oxygen atoms in total. The Morgan fingerprint density at radius 2 is 1.78 bits per heavy atom. The molecule has 3 aromatic carbocycles. The van der Waals surface area contributed by atoms with Crippen LogP contribution in [0.4, 0.5) is 4.39 Å². The Kier molecular flexibility index (Phi) is 6.60. The van der Waals surface area contributed by atoms with E-state index < -0.39 is 5.54 Å². The van der Waals surface area contributed by atoms with E-state index in [1.54, 1.807) is 13.0 Å². The maximum atomic E-state index is 13.9. The summed E-state index contributed by atoms with van der Waals surface area (Å²) in [5.41, 5.74) is 2.35. The van der Waals surface area contributed by atoms with Crippen LogP contribution in [-0.2, 0) is 9.53 Å². The summed E-state index contributed by atoms with van der Waals surface area (Å²) in [4.78, 5) is 18.4. The Balaban J connectivity index is 1.83. The molecule has 4 heteroatoms. The highest BCUT2D eigenvalue weighted by Crippen LogP contribution is 2.43. The van der Waals surface area contributed by atoms with Crippen LogP contribution in [0.15, 0.2) is 96.0 Å². The first-order valence-corrected chi connectivity index (χ1v) is 10.9. The number of halogens is 1. The van der Waals surface area contributed by atoms with Gasteiger partial charge in [-0.15, -0.1) is 0 Å². The van der Waals surface area contributed by atoms with E-state index in [-0.39, 0.29) is 24.3 Å². The number of esters is 1. The van der Waals surface area contributed by atoms with Gasteiger partial charge in [-0.2, -0.15) is 0 Å². The summed E-state index contributed by atoms with van der Waals surface area (Å²) in [5.74, 6) is -0.991. The Morgan fingerprint density at radius 1 is 1.06 bits per heavy atom. The first-order valence-electron chi connectivity index (χ1n) is 10.9. The van der Waals surface area contributed by atoms with Crippen LogP contribution < -0.4 is 0 Å². The van der Waals surface area contributed by atoms with Crippen LogP contribution in [-0.4, -0.2) is 23.8 Å². The predicted octanol–water partition coefficient (Wildman–Crippen LogP) is 6.21. The lowest BCUT2D eigenvalue weighted by Crippen LogP contribution is -2.42. The fourth-order valence-electron chi connectivity index (χ4n) is 4.27. The van der Waals surface area contributed by atoms with E-state index in [9.17, 15) is 9.18 Å². The van der Waals surface area contributed by atoms with Crippen LogP contribution in [0.1, 0.15) is 42.4 Å². The molecule has 0 unspecified atom stereocenters. The number of ether oxygens (including phenoxy) is 1. The van der Waals surface area contributed by atoms with Crippen LogP contribution >= 0.6 is 0 Å². The molecule has 162 valence electrons. The highest BCUT2D eigenvalue weighted by Gasteiger charge is 2.49. The number of hydrogen-bond acceptors (Lipinski definition) is 3. The van der Waals surface area contributed by atoms with E-state index >= 15 is 0 Å². The van der Waals surface area contributed by atoms with E-state index in [2.05, 4.69) is 0 Å². The second-order valence-electron chi connectivity index (χ2n) is 7.87. The molecule has 0 aromatic heterocycles. The first kappa shape index (κ1) is 21.7. The zero-order chi connectivity index (χ0) is 22.4. The zero-order valence-electron chi connectivity index (χ0n) is 18.1. The SMILES string of the molecule is CCOC(=O)[C@@]1([C@@H](/C=C/c2ccccc2)c2ccccc2)CCC(c2cccc(F)c2)=N1. The standard InChI is InChI=1S/C28H26FNO2/c1-2-32-27(31)28(19-18-26(30-28)23-14-9-15-24(29)20-23)25(22-12-7-4-8-13-22)17-16-21-10-5-3-6-11-21/h3-17,20,25H,2,18-19H2,1H3/b17-16+/t25-,28-/m0/s1. The van der Waals surface area contributed by atoms with Gasteiger partial charge in [0.2, 0.25) is 0 Å². The molecule has 2 atom stereocenters. The topological polar surface area (TPSA) is 38.7 Å². The van der Waals surface area contributed by atoms with Gasteiger partial charge in [0, 0.05) is 11.6 Å². The molecule has 0 aliphatic carbocycles. The van der Waals surface area contributed by atoms with Crippen LogP contribution in [0.25, 0.3) is 6.08 Å². The molecule has 3 aromatic rings. The first-order chi connectivity index (χ1) is 15.6. The van der Waals surface area contributed by atoms with E-state index in [1.807, 2.05) is 78.9 Å². The van der Waals surface area contributed by atoms with E-state index in [4.69, 9.17) is 9.73 Å². The van der Waals surface area contributed by atoms with Crippen molar-refractivity contribution in [3.8, 4) is 0 Å². The maximum absolute atomic E-state index is 13.9. The molecule has 0 saturated heterocycles. The summed E-state index contributed by atoms with van der Waals surface area (Å²) in [6.45, 7) is 2.07. The van der Waals surface area contributed by atoms with E-state index in [0.717, 1.165) is 16.8 Å². The van der Waals surface area contributed by atoms with Crippen LogP contribution in [0.3, 0.4) is 0 Å². The molecule has 1 heterocycles. The monoisotopic (exact) mass is 427 g/mol. The van der Waals surface area contributed by atoms with Crippen molar-refractivity contribution in [1.82, 2.24) is 0 Å². The van der Waals surface area contributed by atoms with Crippen molar-refractivity contribution < 1.29 is 13.9 Å². The minimum Gasteiger partial charge on any atom is -0.464 e. The average Bonchev–Trinajstić information content (AvgIpc) is 3.27. The number of carbonyl (C=O) groups excluding carboxylic acids is 1. The summed E-state index contributed by atoms with van der Waals surface area (Å²) in [6, 6.07) is 26.2. The number of hydrogen-bond donors (Lipinski definition) is 0. The maximum Gasteiger partial charge on any atom is 0.334 e. The second-order valence-corrected chi connectivity index (χ2v) is 7.87. The van der Waals surface area contributed by atoms with Gasteiger partial charge in [-0.1, -0.05) is 84.9 Å². The summed E-state index contributed by atoms with van der Waals surface area (Å²) in [7, 11) is 0. The van der Waals surface area contributed by atoms with Gasteiger partial charge in [0.05, 0.1) is 6.61 Å². The lowest BCUT2D eigenvalue weighted by Gasteiger charge is -2.31. The number of rotatable bonds is 7. The number of benzene rings is 3. The normalized spacial score (nSPS) is 19.0. The molecular weight excluding hydrogens is 401 g/mol. The highest BCUT2D eigenvalue weighted by molar-refractivity contribution is 6.05. The number of nitrogens with zero attached hydrogens (tertiary/aromatic N) is 1. The van der Waals surface area contributed by atoms with Crippen molar-refractivity contribution in [3.05, 3.63) is 114 Å². The molecule has 1 aliphatic rings. The van der Waals surface area contributed by atoms with Crippen LogP contribution in [0.5, 0.6) is 0 Å². The molecule has 0 saturated carbocycles. The van der Waals surface area contributed by atoms with Crippen molar-refractivity contribution in [2.24, 2.45) is 4.99 Å². The Hall–Kier alpha value is -3.53. The largest absolute Gasteiger partial charge is 0.464 e. The molecule has 32 heavy (non-hydrogen) atoms. The zero-order valence-corrected chi connectivity index (χ0v) is 18.1. The molecule has 0 N–H and O–H groups in total. The lowest BCUT2D eigenvalue weighted by atomic mass is 9.77. The van der Waals surface area contributed by atoms with Crippen molar-refractivity contribution in [2.75, 3.05) is 6.61 Å². The smallest absolute Gasteiger partial charge is 0.334 e. The van der Waals surface area contributed by atoms with Gasteiger partial charge >= 0.3 is 5.97 Å². The Labute approximate surface area is 188 Å². The van der Waals surface area contributed by atoms with Crippen molar-refractivity contribution in [3.63, 3.8) is 0 Å². The predicted molar refractivity (Wildman–Crippen MR) is 126 cm³/mol. The third-order valence-corrected chi connectivity index (χ3v) is 5.82. The van der Waals surface area contributed by atoms with Gasteiger partial charge in [-0.25, -0.2) is 9.18 Å². The molecule has 0 amide bonds. The lowest BCUT2D eigenvalue weighted by molar-refractivity contribution is -0.150. The van der Waals surface area contributed by atoms with Gasteiger partial charge < -0.3 is 4.74 Å². The van der Waals surface area contributed by atoms with Crippen molar-refractivity contribution in [1.29, 1.82) is 0 Å². The third kappa shape index (κ3) is 4.54. The summed E-state index contributed by atoms with van der Waals surface area (Å²) in [5, 5.41) is 0. The Morgan fingerprint density at radius 3 is 2.47 bits per heavy atom. The molecule has 0 fully saturated rings. The van der Waals surface area contributed by atoms with Gasteiger partial charge in [0.25, 0.3) is 0 Å². The second kappa shape index (κ2) is 9.73. The minimum absolute atomic E-state index is 0.273. The van der Waals surface area contributed by atoms with Crippen LogP contribution in [0, 0.1) is 5.82 Å². The summed E-state index contributed by atoms with van der Waals surface area (Å²) in [6.07, 6.45) is 5.13. The molecule has 4 rings (SSSR count). The van der Waals surface area contributed by atoms with E-state index in [1.165, 1.54) is 12.1 Å². The third-order valence-electron chi connectivity index (χ3n) is 5.82. The van der Waals surface area contributed by atoms with Gasteiger partial charge in [-0.05, 0) is 48.6 Å². The summed E-state index contributed by atoms with van der Waals surface area (Å²) < 4.78 is 19.4. The fourth-order valence-corrected chi connectivity index (χ4v) is 4.27. The number of carbonyl (C=O) groups is 1. The van der Waals surface area contributed by atoms with Gasteiger partial charge in [-0.3, -0.25) is 4.99 Å². The van der Waals surface area contributed by atoms with E-state index in [0.29, 0.717) is 18.4 Å². The van der Waals surface area contributed by atoms with Crippen molar-refractivity contribution >= 4 is 17.8 Å². The molecule has 0 spiro atoms. The van der Waals surface area contributed by atoms with Crippen molar-refractivity contribution in [2.45, 2.75) is 31.2 Å². The molecule has 1 aliphatic heterocycles. The molecule has 0 radical (unpaired) electrons. The fraction of sp³-hybridized carbons (Fsp3) is 0.214. The molecular formula is C28H26FNO2. The average molecular weight is 428 g/mol. The minimum atomic E-state index is -1.11. The van der Waals surface area contributed by atoms with Gasteiger partial charge in [0.15, 0.2) is 5.54 Å². The number of aliphatic imine (C=N–C) groups is 1. The Bertz CT molecular complexity index is 1120. The van der Waals surface area contributed by atoms with Gasteiger partial charge in [0.1, 0.15) is 5.82 Å². The van der Waals surface area contributed by atoms with Crippen LogP contribution in [0.2, 0.25) is 0 Å². The quantitative estimate of drug-likeness (QED) is 0.421. The highest BCUT2D eigenvalue weighted by atomic mass is 19.1. The summed E-state index contributed by atoms with van der Waals surface area (Å²) >= 11 is 0.